The van der Waals surface area contributed by atoms with E-state index in [4.69, 9.17) is 9.47 Å². The molecule has 2 rings (SSSR count). The van der Waals surface area contributed by atoms with Gasteiger partial charge in [-0.05, 0) is 69.3 Å². The summed E-state index contributed by atoms with van der Waals surface area (Å²) in [6, 6.07) is 16.2. The monoisotopic (exact) mass is 377 g/mol. The summed E-state index contributed by atoms with van der Waals surface area (Å²) in [4.78, 5) is 2.25. The molecule has 0 saturated carbocycles. The highest BCUT2D eigenvalue weighted by Gasteiger charge is 2.03. The number of ether oxygens (including phenoxy) is 2. The average Bonchev–Trinajstić information content (AvgIpc) is 2.66. The Kier molecular flexibility index (Phi) is 8.17. The van der Waals surface area contributed by atoms with E-state index in [0.717, 1.165) is 30.2 Å². The van der Waals surface area contributed by atoms with E-state index in [1.165, 1.54) is 5.56 Å². The molecule has 3 heteroatoms. The van der Waals surface area contributed by atoms with Crippen LogP contribution in [0.15, 0.2) is 60.7 Å². The van der Waals surface area contributed by atoms with Crippen molar-refractivity contribution in [3.8, 4) is 23.3 Å². The molecule has 3 nitrogen and oxygen atoms in total. The van der Waals surface area contributed by atoms with Gasteiger partial charge in [0.1, 0.15) is 18.1 Å². The van der Waals surface area contributed by atoms with Crippen molar-refractivity contribution < 1.29 is 9.47 Å². The summed E-state index contributed by atoms with van der Waals surface area (Å²) < 4.78 is 11.1. The van der Waals surface area contributed by atoms with Crippen LogP contribution in [0.25, 0.3) is 0 Å². The van der Waals surface area contributed by atoms with Gasteiger partial charge >= 0.3 is 0 Å². The molecule has 148 valence electrons. The van der Waals surface area contributed by atoms with Gasteiger partial charge in [0, 0.05) is 18.5 Å². The Labute approximate surface area is 170 Å². The first kappa shape index (κ1) is 21.6. The van der Waals surface area contributed by atoms with Crippen molar-refractivity contribution in [3.05, 3.63) is 71.8 Å². The van der Waals surface area contributed by atoms with Crippen LogP contribution in [0.2, 0.25) is 0 Å². The number of benzene rings is 2. The van der Waals surface area contributed by atoms with Crippen molar-refractivity contribution in [1.82, 2.24) is 4.90 Å². The highest BCUT2D eigenvalue weighted by atomic mass is 16.5. The third kappa shape index (κ3) is 8.33. The van der Waals surface area contributed by atoms with Gasteiger partial charge in [-0.1, -0.05) is 42.2 Å². The standard InChI is InChI=1S/C25H31NO2/c1-25(2,3)16-7-6-8-17-26(4)19-22-10-9-11-24(18-22)28-20-21-12-14-23(27-5)15-13-21/h6,8-15,18H,17,19-20H2,1-5H3/b8-6-. The molecule has 0 aliphatic heterocycles. The zero-order valence-electron chi connectivity index (χ0n) is 17.7. The van der Waals surface area contributed by atoms with Crippen LogP contribution >= 0.6 is 0 Å². The Morgan fingerprint density at radius 2 is 1.75 bits per heavy atom. The molecule has 0 atom stereocenters. The zero-order chi connectivity index (χ0) is 20.4. The fourth-order valence-electron chi connectivity index (χ4n) is 2.55. The molecule has 2 aromatic carbocycles. The predicted octanol–water partition coefficient (Wildman–Crippen LogP) is 5.31. The van der Waals surface area contributed by atoms with Crippen LogP contribution < -0.4 is 9.47 Å². The molecule has 0 N–H and O–H groups in total. The van der Waals surface area contributed by atoms with Crippen LogP contribution in [-0.4, -0.2) is 25.6 Å². The summed E-state index contributed by atoms with van der Waals surface area (Å²) in [5.74, 6) is 8.05. The molecule has 0 aliphatic rings. The first-order valence-electron chi connectivity index (χ1n) is 9.56. The highest BCUT2D eigenvalue weighted by Crippen LogP contribution is 2.18. The third-order valence-corrected chi connectivity index (χ3v) is 3.98. The average molecular weight is 378 g/mol. The van der Waals surface area contributed by atoms with Crippen molar-refractivity contribution in [1.29, 1.82) is 0 Å². The van der Waals surface area contributed by atoms with Crippen LogP contribution in [-0.2, 0) is 13.2 Å². The number of likely N-dealkylation sites (N-methyl/N-ethyl adjacent to an activating group) is 1. The smallest absolute Gasteiger partial charge is 0.120 e. The largest absolute Gasteiger partial charge is 0.497 e. The minimum Gasteiger partial charge on any atom is -0.497 e. The second-order valence-corrected chi connectivity index (χ2v) is 7.90. The lowest BCUT2D eigenvalue weighted by molar-refractivity contribution is 0.304. The zero-order valence-corrected chi connectivity index (χ0v) is 17.7. The van der Waals surface area contributed by atoms with Crippen LogP contribution in [0.1, 0.15) is 31.9 Å². The van der Waals surface area contributed by atoms with Gasteiger partial charge in [-0.3, -0.25) is 4.90 Å². The molecule has 0 radical (unpaired) electrons. The summed E-state index contributed by atoms with van der Waals surface area (Å²) in [6.07, 6.45) is 4.04. The Morgan fingerprint density at radius 3 is 2.43 bits per heavy atom. The van der Waals surface area contributed by atoms with E-state index in [9.17, 15) is 0 Å². The van der Waals surface area contributed by atoms with E-state index in [1.807, 2.05) is 42.5 Å². The van der Waals surface area contributed by atoms with E-state index in [0.29, 0.717) is 6.61 Å². The first-order valence-corrected chi connectivity index (χ1v) is 9.56. The van der Waals surface area contributed by atoms with E-state index in [2.05, 4.69) is 62.8 Å². The molecule has 28 heavy (non-hydrogen) atoms. The SMILES string of the molecule is COc1ccc(COc2cccc(CN(C)C/C=C\C#CC(C)(C)C)c2)cc1. The summed E-state index contributed by atoms with van der Waals surface area (Å²) in [5.41, 5.74) is 2.39. The minimum absolute atomic E-state index is 0.0441. The number of hydrogen-bond acceptors (Lipinski definition) is 3. The molecule has 0 spiro atoms. The normalized spacial score (nSPS) is 11.4. The van der Waals surface area contributed by atoms with E-state index >= 15 is 0 Å². The lowest BCUT2D eigenvalue weighted by Gasteiger charge is -2.15. The third-order valence-electron chi connectivity index (χ3n) is 3.98. The van der Waals surface area contributed by atoms with Gasteiger partial charge in [0.15, 0.2) is 0 Å². The lowest BCUT2D eigenvalue weighted by atomic mass is 9.98. The number of hydrogen-bond donors (Lipinski definition) is 0. The summed E-state index contributed by atoms with van der Waals surface area (Å²) in [6.45, 7) is 8.60. The molecule has 2 aromatic rings. The van der Waals surface area contributed by atoms with Crippen molar-refractivity contribution in [2.45, 2.75) is 33.9 Å². The molecule has 0 fully saturated rings. The summed E-state index contributed by atoms with van der Waals surface area (Å²) in [5, 5.41) is 0. The molecule has 0 unspecified atom stereocenters. The quantitative estimate of drug-likeness (QED) is 0.582. The van der Waals surface area contributed by atoms with E-state index in [-0.39, 0.29) is 5.41 Å². The molecule has 0 heterocycles. The van der Waals surface area contributed by atoms with Gasteiger partial charge in [0.05, 0.1) is 7.11 Å². The number of allylic oxidation sites excluding steroid dienone is 1. The Hall–Kier alpha value is -2.70. The van der Waals surface area contributed by atoms with Gasteiger partial charge in [-0.2, -0.15) is 0 Å². The maximum Gasteiger partial charge on any atom is 0.120 e. The first-order chi connectivity index (χ1) is 13.4. The molecular weight excluding hydrogens is 346 g/mol. The molecular formula is C25H31NO2. The second kappa shape index (κ2) is 10.6. The molecule has 0 saturated heterocycles. The maximum atomic E-state index is 5.94. The van der Waals surface area contributed by atoms with Crippen molar-refractivity contribution in [2.24, 2.45) is 5.41 Å². The minimum atomic E-state index is 0.0441. The number of methoxy groups -OCH3 is 1. The topological polar surface area (TPSA) is 21.7 Å². The molecule has 0 bridgehead atoms. The summed E-state index contributed by atoms with van der Waals surface area (Å²) in [7, 11) is 3.77. The van der Waals surface area contributed by atoms with Gasteiger partial charge in [-0.25, -0.2) is 0 Å². The van der Waals surface area contributed by atoms with Crippen LogP contribution in [0, 0.1) is 17.3 Å². The van der Waals surface area contributed by atoms with Crippen molar-refractivity contribution in [2.75, 3.05) is 20.7 Å². The predicted molar refractivity (Wildman–Crippen MR) is 116 cm³/mol. The van der Waals surface area contributed by atoms with Crippen molar-refractivity contribution in [3.63, 3.8) is 0 Å². The van der Waals surface area contributed by atoms with Gasteiger partial charge in [-0.15, -0.1) is 0 Å². The van der Waals surface area contributed by atoms with Gasteiger partial charge < -0.3 is 9.47 Å². The van der Waals surface area contributed by atoms with E-state index in [1.54, 1.807) is 7.11 Å². The lowest BCUT2D eigenvalue weighted by Crippen LogP contribution is -2.17. The van der Waals surface area contributed by atoms with Crippen LogP contribution in [0.3, 0.4) is 0 Å². The summed E-state index contributed by atoms with van der Waals surface area (Å²) >= 11 is 0. The van der Waals surface area contributed by atoms with Crippen molar-refractivity contribution >= 4 is 0 Å². The molecule has 0 aliphatic carbocycles. The fraction of sp³-hybridized carbons (Fsp3) is 0.360. The Bertz CT molecular complexity index is 820. The van der Waals surface area contributed by atoms with E-state index < -0.39 is 0 Å². The highest BCUT2D eigenvalue weighted by molar-refractivity contribution is 5.30. The van der Waals surface area contributed by atoms with Gasteiger partial charge in [0.2, 0.25) is 0 Å². The molecule has 0 amide bonds. The molecule has 0 aromatic heterocycles. The van der Waals surface area contributed by atoms with Gasteiger partial charge in [0.25, 0.3) is 0 Å². The number of nitrogens with zero attached hydrogens (tertiary/aromatic N) is 1. The van der Waals surface area contributed by atoms with Crippen LogP contribution in [0.5, 0.6) is 11.5 Å². The number of rotatable bonds is 8. The maximum absolute atomic E-state index is 5.94. The second-order valence-electron chi connectivity index (χ2n) is 7.90. The van der Waals surface area contributed by atoms with Crippen LogP contribution in [0.4, 0.5) is 0 Å². The fourth-order valence-corrected chi connectivity index (χ4v) is 2.55. The Morgan fingerprint density at radius 1 is 1.00 bits per heavy atom. The Balaban J connectivity index is 1.84.